The van der Waals surface area contributed by atoms with Gasteiger partial charge in [0, 0.05) is 0 Å². The maximum atomic E-state index is 11.8. The molecule has 2 aromatic heterocycles. The summed E-state index contributed by atoms with van der Waals surface area (Å²) in [6, 6.07) is 1.53. The Hall–Kier alpha value is -2.31. The van der Waals surface area contributed by atoms with E-state index >= 15 is 0 Å². The molecule has 0 radical (unpaired) electrons. The first kappa shape index (κ1) is 13.1. The van der Waals surface area contributed by atoms with Crippen LogP contribution in [0.5, 0.6) is 0 Å². The Kier molecular flexibility index (Phi) is 3.28. The number of hydrogen-bond donors (Lipinski definition) is 1. The smallest absolute Gasteiger partial charge is 0.312 e. The lowest BCUT2D eigenvalue weighted by atomic mass is 10.2. The summed E-state index contributed by atoms with van der Waals surface area (Å²) in [4.78, 5) is 23.3. The number of hydrogen-bond acceptors (Lipinski definition) is 6. The molecule has 7 nitrogen and oxygen atoms in total. The molecule has 0 saturated heterocycles. The van der Waals surface area contributed by atoms with Gasteiger partial charge in [-0.2, -0.15) is 10.2 Å². The molecule has 0 aliphatic carbocycles. The highest BCUT2D eigenvalue weighted by atomic mass is 16.6. The molecule has 19 heavy (non-hydrogen) atoms. The lowest BCUT2D eigenvalue weighted by Gasteiger charge is -2.19. The fourth-order valence-electron chi connectivity index (χ4n) is 1.60. The Morgan fingerprint density at radius 2 is 2.16 bits per heavy atom. The number of fused-ring (bicyclic) bond motifs is 1. The first-order valence-electron chi connectivity index (χ1n) is 5.77. The summed E-state index contributed by atoms with van der Waals surface area (Å²) in [5.41, 5.74) is -0.271. The van der Waals surface area contributed by atoms with E-state index in [4.69, 9.17) is 4.74 Å². The van der Waals surface area contributed by atoms with Crippen LogP contribution in [0.25, 0.3) is 10.9 Å². The maximum absolute atomic E-state index is 11.8. The number of carbonyl (C=O) groups excluding carboxylic acids is 1. The average Bonchev–Trinajstić information content (AvgIpc) is 2.31. The SMILES string of the molecule is CC(C)(C)OC(=O)Cc1n[nH]c(=O)c2ccnnc12. The Morgan fingerprint density at radius 3 is 2.84 bits per heavy atom. The van der Waals surface area contributed by atoms with Crippen LogP contribution in [0, 0.1) is 0 Å². The summed E-state index contributed by atoms with van der Waals surface area (Å²) in [6.45, 7) is 5.34. The largest absolute Gasteiger partial charge is 0.460 e. The average molecular weight is 262 g/mol. The van der Waals surface area contributed by atoms with Crippen LogP contribution in [0.4, 0.5) is 0 Å². The second-order valence-electron chi connectivity index (χ2n) is 5.06. The number of ether oxygens (including phenoxy) is 1. The van der Waals surface area contributed by atoms with E-state index < -0.39 is 11.6 Å². The molecule has 0 atom stereocenters. The number of carbonyl (C=O) groups is 1. The van der Waals surface area contributed by atoms with Gasteiger partial charge >= 0.3 is 5.97 Å². The van der Waals surface area contributed by atoms with Crippen LogP contribution < -0.4 is 5.56 Å². The summed E-state index contributed by atoms with van der Waals surface area (Å²) in [7, 11) is 0. The molecule has 100 valence electrons. The molecule has 2 heterocycles. The van der Waals surface area contributed by atoms with Crippen molar-refractivity contribution in [1.82, 2.24) is 20.4 Å². The highest BCUT2D eigenvalue weighted by Gasteiger charge is 2.19. The van der Waals surface area contributed by atoms with Crippen molar-refractivity contribution in [1.29, 1.82) is 0 Å². The zero-order valence-corrected chi connectivity index (χ0v) is 10.9. The molecule has 0 saturated carbocycles. The monoisotopic (exact) mass is 262 g/mol. The third kappa shape index (κ3) is 3.12. The molecule has 0 fully saturated rings. The fourth-order valence-corrected chi connectivity index (χ4v) is 1.60. The van der Waals surface area contributed by atoms with Gasteiger partial charge in [0.15, 0.2) is 0 Å². The van der Waals surface area contributed by atoms with Crippen LogP contribution in [0.2, 0.25) is 0 Å². The molecule has 0 amide bonds. The van der Waals surface area contributed by atoms with Crippen LogP contribution in [0.1, 0.15) is 26.5 Å². The Bertz CT molecular complexity index is 672. The predicted molar refractivity (Wildman–Crippen MR) is 67.5 cm³/mol. The first-order valence-corrected chi connectivity index (χ1v) is 5.77. The number of rotatable bonds is 2. The van der Waals surface area contributed by atoms with Crippen LogP contribution in [-0.4, -0.2) is 32.0 Å². The van der Waals surface area contributed by atoms with Gasteiger partial charge in [-0.15, -0.1) is 5.10 Å². The van der Waals surface area contributed by atoms with Gasteiger partial charge in [-0.25, -0.2) is 5.10 Å². The van der Waals surface area contributed by atoms with Crippen LogP contribution in [0.15, 0.2) is 17.1 Å². The van der Waals surface area contributed by atoms with Gasteiger partial charge in [0.25, 0.3) is 5.56 Å². The minimum Gasteiger partial charge on any atom is -0.460 e. The number of nitrogens with one attached hydrogen (secondary N) is 1. The minimum atomic E-state index is -0.569. The number of esters is 1. The molecule has 1 N–H and O–H groups in total. The molecule has 0 aromatic carbocycles. The van der Waals surface area contributed by atoms with Gasteiger partial charge in [0.05, 0.1) is 18.0 Å². The van der Waals surface area contributed by atoms with Crippen LogP contribution in [0.3, 0.4) is 0 Å². The standard InChI is InChI=1S/C12H14N4O3/c1-12(2,3)19-9(17)6-8-10-7(4-5-13-15-10)11(18)16-14-8/h4-5H,6H2,1-3H3,(H,16,18). The second kappa shape index (κ2) is 4.75. The van der Waals surface area contributed by atoms with E-state index in [1.165, 1.54) is 12.3 Å². The molecular weight excluding hydrogens is 248 g/mol. The van der Waals surface area contributed by atoms with Gasteiger partial charge in [0.2, 0.25) is 0 Å². The van der Waals surface area contributed by atoms with Crippen molar-refractivity contribution in [3.8, 4) is 0 Å². The summed E-state index contributed by atoms with van der Waals surface area (Å²) in [5.74, 6) is -0.431. The van der Waals surface area contributed by atoms with Crippen LogP contribution in [-0.2, 0) is 16.0 Å². The van der Waals surface area contributed by atoms with Crippen LogP contribution >= 0.6 is 0 Å². The van der Waals surface area contributed by atoms with Crippen molar-refractivity contribution >= 4 is 16.9 Å². The van der Waals surface area contributed by atoms with E-state index in [9.17, 15) is 9.59 Å². The molecule has 2 rings (SSSR count). The van der Waals surface area contributed by atoms with Crippen molar-refractivity contribution < 1.29 is 9.53 Å². The zero-order chi connectivity index (χ0) is 14.0. The molecule has 2 aromatic rings. The molecule has 7 heteroatoms. The first-order chi connectivity index (χ1) is 8.87. The normalized spacial score (nSPS) is 11.5. The summed E-state index contributed by atoms with van der Waals surface area (Å²) >= 11 is 0. The molecule has 0 bridgehead atoms. The summed E-state index contributed by atoms with van der Waals surface area (Å²) < 4.78 is 5.20. The van der Waals surface area contributed by atoms with Gasteiger partial charge in [-0.1, -0.05) is 0 Å². The lowest BCUT2D eigenvalue weighted by Crippen LogP contribution is -2.25. The van der Waals surface area contributed by atoms with E-state index in [0.717, 1.165) is 0 Å². The number of aromatic amines is 1. The summed E-state index contributed by atoms with van der Waals surface area (Å²) in [5, 5.41) is 14.1. The molecule has 0 aliphatic rings. The van der Waals surface area contributed by atoms with Crippen molar-refractivity contribution in [2.75, 3.05) is 0 Å². The minimum absolute atomic E-state index is 0.0662. The number of nitrogens with zero attached hydrogens (tertiary/aromatic N) is 3. The lowest BCUT2D eigenvalue weighted by molar-refractivity contribution is -0.153. The van der Waals surface area contributed by atoms with Gasteiger partial charge in [-0.05, 0) is 26.8 Å². The molecule has 0 spiro atoms. The highest BCUT2D eigenvalue weighted by Crippen LogP contribution is 2.12. The highest BCUT2D eigenvalue weighted by molar-refractivity contribution is 5.83. The third-order valence-electron chi connectivity index (χ3n) is 2.26. The Morgan fingerprint density at radius 1 is 1.42 bits per heavy atom. The van der Waals surface area contributed by atoms with Crippen molar-refractivity contribution in [3.63, 3.8) is 0 Å². The van der Waals surface area contributed by atoms with Crippen molar-refractivity contribution in [2.45, 2.75) is 32.8 Å². The maximum Gasteiger partial charge on any atom is 0.312 e. The molecule has 0 aliphatic heterocycles. The van der Waals surface area contributed by atoms with Crippen molar-refractivity contribution in [3.05, 3.63) is 28.3 Å². The Balaban J connectivity index is 2.34. The van der Waals surface area contributed by atoms with E-state index in [-0.39, 0.29) is 12.0 Å². The second-order valence-corrected chi connectivity index (χ2v) is 5.06. The zero-order valence-electron chi connectivity index (χ0n) is 10.9. The fraction of sp³-hybridized carbons (Fsp3) is 0.417. The van der Waals surface area contributed by atoms with E-state index in [2.05, 4.69) is 20.4 Å². The van der Waals surface area contributed by atoms with Gasteiger partial charge < -0.3 is 4.74 Å². The van der Waals surface area contributed by atoms with Crippen molar-refractivity contribution in [2.24, 2.45) is 0 Å². The summed E-state index contributed by atoms with van der Waals surface area (Å²) in [6.07, 6.45) is 1.35. The quantitative estimate of drug-likeness (QED) is 0.796. The van der Waals surface area contributed by atoms with E-state index in [1.54, 1.807) is 20.8 Å². The molecular formula is C12H14N4O3. The number of H-pyrrole nitrogens is 1. The Labute approximate surface area is 109 Å². The predicted octanol–water partition coefficient (Wildman–Crippen LogP) is 0.597. The van der Waals surface area contributed by atoms with E-state index in [0.29, 0.717) is 16.6 Å². The van der Waals surface area contributed by atoms with Gasteiger partial charge in [-0.3, -0.25) is 9.59 Å². The van der Waals surface area contributed by atoms with E-state index in [1.807, 2.05) is 0 Å². The topological polar surface area (TPSA) is 97.8 Å². The number of aromatic nitrogens is 4. The third-order valence-corrected chi connectivity index (χ3v) is 2.26. The molecule has 0 unspecified atom stereocenters. The van der Waals surface area contributed by atoms with Gasteiger partial charge in [0.1, 0.15) is 16.8 Å².